The Morgan fingerprint density at radius 1 is 1.11 bits per heavy atom. The van der Waals surface area contributed by atoms with E-state index in [-0.39, 0.29) is 17.3 Å². The molecule has 36 heavy (non-hydrogen) atoms. The fraction of sp³-hybridized carbons (Fsp3) is 0.478. The Hall–Kier alpha value is -2.64. The third-order valence-corrected chi connectivity index (χ3v) is 9.63. The molecule has 0 saturated carbocycles. The summed E-state index contributed by atoms with van der Waals surface area (Å²) >= 11 is 1.87. The van der Waals surface area contributed by atoms with E-state index in [0.717, 1.165) is 35.2 Å². The molecule has 3 aliphatic rings. The van der Waals surface area contributed by atoms with Crippen LogP contribution in [0.3, 0.4) is 0 Å². The van der Waals surface area contributed by atoms with Gasteiger partial charge >= 0.3 is 11.0 Å². The Kier molecular flexibility index (Phi) is 6.07. The molecule has 192 valence electrons. The number of alkyl halides is 3. The Labute approximate surface area is 212 Å². The van der Waals surface area contributed by atoms with Crippen LogP contribution in [-0.4, -0.2) is 58.7 Å². The number of thioether (sulfide) groups is 1. The van der Waals surface area contributed by atoms with Crippen molar-refractivity contribution >= 4 is 46.5 Å². The van der Waals surface area contributed by atoms with Crippen LogP contribution in [0.15, 0.2) is 34.1 Å². The van der Waals surface area contributed by atoms with Crippen LogP contribution in [0.1, 0.15) is 24.3 Å². The van der Waals surface area contributed by atoms with Crippen LogP contribution < -0.4 is 9.77 Å². The molecule has 13 heteroatoms. The number of para-hydroxylation sites is 1. The predicted octanol–water partition coefficient (Wildman–Crippen LogP) is 2.73. The van der Waals surface area contributed by atoms with Crippen molar-refractivity contribution in [1.29, 1.82) is 0 Å². The number of imide groups is 1. The summed E-state index contributed by atoms with van der Waals surface area (Å²) in [6, 6.07) is 4.49. The molecule has 5 rings (SSSR count). The molecule has 2 fully saturated rings. The summed E-state index contributed by atoms with van der Waals surface area (Å²) < 4.78 is 47.6. The Balaban J connectivity index is 1.52. The number of hydrogen-bond donors (Lipinski definition) is 0. The maximum absolute atomic E-state index is 13.7. The van der Waals surface area contributed by atoms with Gasteiger partial charge in [-0.3, -0.25) is 23.7 Å². The SMILES string of the molecule is CC1(C)c2sc(=O)n(CC(=O)N3CCOCC3)c2S[C@@H]2C(=O)N(c3ccccc3C(F)(F)F)C(=O)[C@@H]21. The lowest BCUT2D eigenvalue weighted by molar-refractivity contribution is -0.137. The van der Waals surface area contributed by atoms with E-state index in [0.29, 0.717) is 41.1 Å². The molecule has 2 saturated heterocycles. The van der Waals surface area contributed by atoms with E-state index in [1.165, 1.54) is 16.7 Å². The first-order valence-corrected chi connectivity index (χ1v) is 12.9. The van der Waals surface area contributed by atoms with Crippen LogP contribution in [0.4, 0.5) is 18.9 Å². The normalized spacial score (nSPS) is 23.6. The second kappa shape index (κ2) is 8.73. The lowest BCUT2D eigenvalue weighted by Crippen LogP contribution is -2.44. The Morgan fingerprint density at radius 2 is 1.78 bits per heavy atom. The summed E-state index contributed by atoms with van der Waals surface area (Å²) in [6.45, 7) is 4.80. The fourth-order valence-corrected chi connectivity index (χ4v) is 8.00. The van der Waals surface area contributed by atoms with Crippen molar-refractivity contribution in [2.75, 3.05) is 31.2 Å². The van der Waals surface area contributed by atoms with Crippen molar-refractivity contribution in [1.82, 2.24) is 9.47 Å². The van der Waals surface area contributed by atoms with Gasteiger partial charge in [0.1, 0.15) is 11.8 Å². The topological polar surface area (TPSA) is 88.9 Å². The van der Waals surface area contributed by atoms with Crippen LogP contribution in [0.5, 0.6) is 0 Å². The zero-order valence-corrected chi connectivity index (χ0v) is 21.0. The summed E-state index contributed by atoms with van der Waals surface area (Å²) in [5.74, 6) is -2.74. The maximum Gasteiger partial charge on any atom is 0.418 e. The molecule has 3 amide bonds. The van der Waals surface area contributed by atoms with Gasteiger partial charge in [0.15, 0.2) is 0 Å². The Morgan fingerprint density at radius 3 is 2.44 bits per heavy atom. The van der Waals surface area contributed by atoms with Crippen molar-refractivity contribution in [2.24, 2.45) is 5.92 Å². The minimum Gasteiger partial charge on any atom is -0.378 e. The van der Waals surface area contributed by atoms with Crippen molar-refractivity contribution in [3.05, 3.63) is 44.4 Å². The number of nitrogens with zero attached hydrogens (tertiary/aromatic N) is 3. The molecule has 8 nitrogen and oxygen atoms in total. The standard InChI is InChI=1S/C23H22F3N3O5S2/c1-22(2)15-16(19(32)29(18(15)31)13-6-4-3-5-12(13)23(24,25)26)35-20-17(22)36-21(33)28(20)11-14(30)27-7-9-34-10-8-27/h3-6,15-16H,7-11H2,1-2H3/t15-,16+/m1/s1. The highest BCUT2D eigenvalue weighted by atomic mass is 32.2. The average Bonchev–Trinajstić information content (AvgIpc) is 3.28. The van der Waals surface area contributed by atoms with Gasteiger partial charge in [0.05, 0.1) is 35.4 Å². The number of amides is 3. The molecule has 0 unspecified atom stereocenters. The minimum atomic E-state index is -4.76. The number of carbonyl (C=O) groups is 3. The van der Waals surface area contributed by atoms with Gasteiger partial charge in [0, 0.05) is 23.4 Å². The number of hydrogen-bond acceptors (Lipinski definition) is 7. The number of carbonyl (C=O) groups excluding carboxylic acids is 3. The molecule has 1 aromatic carbocycles. The van der Waals surface area contributed by atoms with Crippen LogP contribution in [0.25, 0.3) is 0 Å². The van der Waals surface area contributed by atoms with Crippen molar-refractivity contribution in [2.45, 2.75) is 42.3 Å². The highest BCUT2D eigenvalue weighted by Crippen LogP contribution is 2.55. The largest absolute Gasteiger partial charge is 0.418 e. The van der Waals surface area contributed by atoms with Gasteiger partial charge in [-0.2, -0.15) is 13.2 Å². The molecule has 2 aromatic rings. The van der Waals surface area contributed by atoms with E-state index >= 15 is 0 Å². The first-order valence-electron chi connectivity index (χ1n) is 11.2. The molecule has 1 aromatic heterocycles. The van der Waals surface area contributed by atoms with Crippen LogP contribution in [0, 0.1) is 5.92 Å². The van der Waals surface area contributed by atoms with Gasteiger partial charge in [-0.25, -0.2) is 4.90 Å². The van der Waals surface area contributed by atoms with Gasteiger partial charge in [-0.15, -0.1) is 0 Å². The molecular formula is C23H22F3N3O5S2. The highest BCUT2D eigenvalue weighted by molar-refractivity contribution is 8.00. The monoisotopic (exact) mass is 541 g/mol. The molecule has 4 heterocycles. The van der Waals surface area contributed by atoms with Gasteiger partial charge in [-0.05, 0) is 12.1 Å². The van der Waals surface area contributed by atoms with Crippen molar-refractivity contribution in [3.8, 4) is 0 Å². The number of morpholine rings is 1. The molecule has 0 radical (unpaired) electrons. The number of fused-ring (bicyclic) bond motifs is 2. The summed E-state index contributed by atoms with van der Waals surface area (Å²) in [5, 5.41) is -0.620. The third-order valence-electron chi connectivity index (χ3n) is 6.81. The Bertz CT molecular complexity index is 1310. The maximum atomic E-state index is 13.7. The van der Waals surface area contributed by atoms with Crippen molar-refractivity contribution < 1.29 is 32.3 Å². The zero-order chi connectivity index (χ0) is 26.0. The predicted molar refractivity (Wildman–Crippen MR) is 126 cm³/mol. The molecule has 0 N–H and O–H groups in total. The van der Waals surface area contributed by atoms with Crippen molar-refractivity contribution in [3.63, 3.8) is 0 Å². The molecular weight excluding hydrogens is 519 g/mol. The highest BCUT2D eigenvalue weighted by Gasteiger charge is 2.60. The number of rotatable bonds is 3. The summed E-state index contributed by atoms with van der Waals surface area (Å²) in [5.41, 5.74) is -2.60. The quantitative estimate of drug-likeness (QED) is 0.556. The second-order valence-corrected chi connectivity index (χ2v) is 11.4. The van der Waals surface area contributed by atoms with Gasteiger partial charge < -0.3 is 9.64 Å². The number of halogens is 3. The molecule has 3 aliphatic heterocycles. The average molecular weight is 542 g/mol. The van der Waals surface area contributed by atoms with E-state index in [1.54, 1.807) is 18.7 Å². The number of ether oxygens (including phenoxy) is 1. The summed E-state index contributed by atoms with van der Waals surface area (Å²) in [4.78, 5) is 55.1. The van der Waals surface area contributed by atoms with E-state index in [4.69, 9.17) is 4.74 Å². The second-order valence-electron chi connectivity index (χ2n) is 9.35. The van der Waals surface area contributed by atoms with E-state index < -0.39 is 45.8 Å². The number of anilines is 1. The van der Waals surface area contributed by atoms with Crippen LogP contribution in [-0.2, 0) is 37.3 Å². The number of benzene rings is 1. The van der Waals surface area contributed by atoms with E-state index in [2.05, 4.69) is 0 Å². The van der Waals surface area contributed by atoms with Crippen LogP contribution in [0.2, 0.25) is 0 Å². The number of thiazole rings is 1. The van der Waals surface area contributed by atoms with E-state index in [9.17, 15) is 32.3 Å². The molecule has 0 aliphatic carbocycles. The first kappa shape index (κ1) is 25.0. The molecule has 0 spiro atoms. The summed E-state index contributed by atoms with van der Waals surface area (Å²) in [6.07, 6.45) is -4.76. The smallest absolute Gasteiger partial charge is 0.378 e. The minimum absolute atomic E-state index is 0.228. The van der Waals surface area contributed by atoms with Gasteiger partial charge in [-0.1, -0.05) is 49.1 Å². The number of aromatic nitrogens is 1. The fourth-order valence-electron chi connectivity index (χ4n) is 4.96. The molecule has 2 atom stereocenters. The summed E-state index contributed by atoms with van der Waals surface area (Å²) in [7, 11) is 0. The third kappa shape index (κ3) is 3.88. The lowest BCUT2D eigenvalue weighted by atomic mass is 9.76. The van der Waals surface area contributed by atoms with Gasteiger partial charge in [0.2, 0.25) is 17.7 Å². The first-order chi connectivity index (χ1) is 16.9. The molecule has 0 bridgehead atoms. The zero-order valence-electron chi connectivity index (χ0n) is 19.3. The van der Waals surface area contributed by atoms with Crippen LogP contribution >= 0.6 is 23.1 Å². The van der Waals surface area contributed by atoms with Gasteiger partial charge in [0.25, 0.3) is 0 Å². The lowest BCUT2D eigenvalue weighted by Gasteiger charge is -2.36. The van der Waals surface area contributed by atoms with E-state index in [1.807, 2.05) is 0 Å².